The standard InChI is InChI=1S/C27H31ClF2N4O5/c28-17-12-21-26(33-27(32-21)39-23-14-38-24-22(35)13-37-25(23)24)31-20(17)5-4-16-18(29)10-15(11-19(16)30)36-9-3-8-34-6-1-2-7-34/h10-12,22-25,35H,1-9,13-14H2,(H,31,32,33)/t22-,23-,24-,25-/m1/s1. The molecule has 0 unspecified atom stereocenters. The molecule has 1 aromatic carbocycles. The number of ether oxygens (including phenoxy) is 4. The lowest BCUT2D eigenvalue weighted by molar-refractivity contribution is 0.00706. The molecule has 210 valence electrons. The van der Waals surface area contributed by atoms with Gasteiger partial charge in [0, 0.05) is 24.2 Å². The highest BCUT2D eigenvalue weighted by molar-refractivity contribution is 6.31. The van der Waals surface area contributed by atoms with E-state index in [1.807, 2.05) is 0 Å². The molecular weight excluding hydrogens is 534 g/mol. The Morgan fingerprint density at radius 3 is 2.62 bits per heavy atom. The summed E-state index contributed by atoms with van der Waals surface area (Å²) in [4.78, 5) is 14.3. The second kappa shape index (κ2) is 11.5. The number of pyridine rings is 1. The number of imidazole rings is 1. The van der Waals surface area contributed by atoms with Crippen LogP contribution in [0.25, 0.3) is 11.2 Å². The first-order valence-corrected chi connectivity index (χ1v) is 13.8. The van der Waals surface area contributed by atoms with Crippen molar-refractivity contribution in [2.75, 3.05) is 39.5 Å². The number of aliphatic hydroxyl groups is 1. The van der Waals surface area contributed by atoms with Gasteiger partial charge in [0.1, 0.15) is 35.7 Å². The van der Waals surface area contributed by atoms with Gasteiger partial charge in [-0.25, -0.2) is 13.8 Å². The van der Waals surface area contributed by atoms with E-state index in [1.165, 1.54) is 25.0 Å². The lowest BCUT2D eigenvalue weighted by atomic mass is 10.1. The maximum Gasteiger partial charge on any atom is 0.296 e. The molecule has 0 amide bonds. The number of aromatic nitrogens is 3. The Labute approximate surface area is 229 Å². The molecule has 0 radical (unpaired) electrons. The molecule has 0 spiro atoms. The number of H-pyrrole nitrogens is 1. The molecule has 3 aliphatic rings. The molecule has 3 aliphatic heterocycles. The predicted octanol–water partition coefficient (Wildman–Crippen LogP) is 3.45. The third kappa shape index (κ3) is 5.83. The number of nitrogens with one attached hydrogen (secondary N) is 1. The number of benzene rings is 1. The van der Waals surface area contributed by atoms with Crippen LogP contribution in [0.5, 0.6) is 11.8 Å². The van der Waals surface area contributed by atoms with Gasteiger partial charge < -0.3 is 33.9 Å². The smallest absolute Gasteiger partial charge is 0.296 e. The number of rotatable bonds is 10. The van der Waals surface area contributed by atoms with E-state index < -0.39 is 29.9 Å². The van der Waals surface area contributed by atoms with Crippen LogP contribution in [0.3, 0.4) is 0 Å². The number of likely N-dealkylation sites (tertiary alicyclic amines) is 1. The van der Waals surface area contributed by atoms with Crippen LogP contribution in [0.1, 0.15) is 30.5 Å². The van der Waals surface area contributed by atoms with Gasteiger partial charge in [-0.15, -0.1) is 0 Å². The van der Waals surface area contributed by atoms with Crippen molar-refractivity contribution in [3.63, 3.8) is 0 Å². The molecule has 6 rings (SSSR count). The number of hydrogen-bond donors (Lipinski definition) is 2. The van der Waals surface area contributed by atoms with Crippen LogP contribution < -0.4 is 9.47 Å². The molecule has 12 heteroatoms. The van der Waals surface area contributed by atoms with E-state index in [4.69, 9.17) is 30.5 Å². The lowest BCUT2D eigenvalue weighted by Gasteiger charge is -2.15. The normalized spacial score (nSPS) is 25.0. The number of aromatic amines is 1. The van der Waals surface area contributed by atoms with Crippen molar-refractivity contribution >= 4 is 22.8 Å². The zero-order valence-corrected chi connectivity index (χ0v) is 22.1. The molecule has 2 N–H and O–H groups in total. The minimum Gasteiger partial charge on any atom is -0.493 e. The van der Waals surface area contributed by atoms with Gasteiger partial charge in [0.2, 0.25) is 0 Å². The fourth-order valence-electron chi connectivity index (χ4n) is 5.48. The lowest BCUT2D eigenvalue weighted by Crippen LogP contribution is -2.34. The van der Waals surface area contributed by atoms with Gasteiger partial charge in [0.05, 0.1) is 36.1 Å². The van der Waals surface area contributed by atoms with Gasteiger partial charge >= 0.3 is 0 Å². The van der Waals surface area contributed by atoms with Crippen molar-refractivity contribution in [2.24, 2.45) is 0 Å². The molecule has 39 heavy (non-hydrogen) atoms. The Balaban J connectivity index is 1.07. The average Bonchev–Trinajstić information content (AvgIpc) is 3.69. The summed E-state index contributed by atoms with van der Waals surface area (Å²) in [5, 5.41) is 10.3. The van der Waals surface area contributed by atoms with Gasteiger partial charge in [-0.1, -0.05) is 11.6 Å². The molecule has 0 bridgehead atoms. The quantitative estimate of drug-likeness (QED) is 0.361. The van der Waals surface area contributed by atoms with Crippen molar-refractivity contribution in [1.29, 1.82) is 0 Å². The maximum absolute atomic E-state index is 14.8. The largest absolute Gasteiger partial charge is 0.493 e. The number of halogens is 3. The van der Waals surface area contributed by atoms with E-state index in [-0.39, 0.29) is 49.5 Å². The SMILES string of the molecule is O[C@@H]1CO[C@H]2[C@@H]1OC[C@H]2Oc1nc2nc(CCc3c(F)cc(OCCCN4CCCC4)cc3F)c(Cl)cc2[nH]1. The Bertz CT molecular complexity index is 1300. The van der Waals surface area contributed by atoms with E-state index in [1.54, 1.807) is 6.07 Å². The molecule has 0 aliphatic carbocycles. The number of aryl methyl sites for hydroxylation is 1. The fourth-order valence-corrected chi connectivity index (χ4v) is 5.73. The number of aliphatic hydroxyl groups excluding tert-OH is 1. The van der Waals surface area contributed by atoms with E-state index in [0.29, 0.717) is 28.5 Å². The third-order valence-electron chi connectivity index (χ3n) is 7.53. The first-order valence-electron chi connectivity index (χ1n) is 13.4. The third-order valence-corrected chi connectivity index (χ3v) is 7.86. The topological polar surface area (TPSA) is 102 Å². The van der Waals surface area contributed by atoms with Gasteiger partial charge in [-0.05, 0) is 51.3 Å². The summed E-state index contributed by atoms with van der Waals surface area (Å²) in [5.41, 5.74) is 1.35. The second-order valence-corrected chi connectivity index (χ2v) is 10.7. The van der Waals surface area contributed by atoms with Crippen molar-refractivity contribution in [3.05, 3.63) is 46.1 Å². The van der Waals surface area contributed by atoms with Gasteiger partial charge in [-0.2, -0.15) is 4.98 Å². The molecule has 4 atom stereocenters. The molecule has 0 saturated carbocycles. The van der Waals surface area contributed by atoms with Gasteiger partial charge in [-0.3, -0.25) is 0 Å². The first-order chi connectivity index (χ1) is 18.9. The summed E-state index contributed by atoms with van der Waals surface area (Å²) in [6, 6.07) is 4.34. The van der Waals surface area contributed by atoms with Gasteiger partial charge in [0.15, 0.2) is 11.8 Å². The second-order valence-electron chi connectivity index (χ2n) is 10.3. The highest BCUT2D eigenvalue weighted by atomic mass is 35.5. The minimum absolute atomic E-state index is 0.0435. The van der Waals surface area contributed by atoms with Crippen LogP contribution in [0.15, 0.2) is 18.2 Å². The highest BCUT2D eigenvalue weighted by Gasteiger charge is 2.48. The fraction of sp³-hybridized carbons (Fsp3) is 0.556. The van der Waals surface area contributed by atoms with Crippen molar-refractivity contribution in [2.45, 2.75) is 56.5 Å². The Kier molecular flexibility index (Phi) is 7.86. The zero-order valence-electron chi connectivity index (χ0n) is 21.4. The summed E-state index contributed by atoms with van der Waals surface area (Å²) < 4.78 is 52.2. The van der Waals surface area contributed by atoms with Crippen LogP contribution in [0.2, 0.25) is 5.02 Å². The summed E-state index contributed by atoms with van der Waals surface area (Å²) in [6.45, 7) is 4.02. The Morgan fingerprint density at radius 1 is 1.05 bits per heavy atom. The molecule has 9 nitrogen and oxygen atoms in total. The molecule has 3 aromatic rings. The van der Waals surface area contributed by atoms with Crippen molar-refractivity contribution < 1.29 is 32.8 Å². The van der Waals surface area contributed by atoms with Crippen LogP contribution in [0, 0.1) is 11.6 Å². The predicted molar refractivity (Wildman–Crippen MR) is 138 cm³/mol. The molecule has 5 heterocycles. The molecule has 3 saturated heterocycles. The van der Waals surface area contributed by atoms with Crippen LogP contribution in [-0.4, -0.2) is 88.8 Å². The maximum atomic E-state index is 14.8. The summed E-state index contributed by atoms with van der Waals surface area (Å²) in [6.07, 6.45) is 1.65. The monoisotopic (exact) mass is 564 g/mol. The number of hydrogen-bond acceptors (Lipinski definition) is 8. The van der Waals surface area contributed by atoms with E-state index >= 15 is 0 Å². The zero-order chi connectivity index (χ0) is 26.9. The van der Waals surface area contributed by atoms with Crippen LogP contribution in [-0.2, 0) is 22.3 Å². The van der Waals surface area contributed by atoms with E-state index in [9.17, 15) is 13.9 Å². The molecular formula is C27H31ClF2N4O5. The van der Waals surface area contributed by atoms with E-state index in [0.717, 1.165) is 26.1 Å². The summed E-state index contributed by atoms with van der Waals surface area (Å²) in [7, 11) is 0. The molecule has 2 aromatic heterocycles. The first kappa shape index (κ1) is 26.6. The van der Waals surface area contributed by atoms with Crippen molar-refractivity contribution in [1.82, 2.24) is 19.9 Å². The van der Waals surface area contributed by atoms with Crippen molar-refractivity contribution in [3.8, 4) is 11.8 Å². The highest BCUT2D eigenvalue weighted by Crippen LogP contribution is 2.30. The number of fused-ring (bicyclic) bond motifs is 2. The summed E-state index contributed by atoms with van der Waals surface area (Å²) >= 11 is 6.43. The average molecular weight is 565 g/mol. The Hall–Kier alpha value is -2.57. The van der Waals surface area contributed by atoms with Gasteiger partial charge in [0.25, 0.3) is 6.01 Å². The number of nitrogens with zero attached hydrogens (tertiary/aromatic N) is 3. The summed E-state index contributed by atoms with van der Waals surface area (Å²) in [5.74, 6) is -1.13. The Morgan fingerprint density at radius 2 is 1.82 bits per heavy atom. The van der Waals surface area contributed by atoms with Crippen LogP contribution >= 0.6 is 11.6 Å². The minimum atomic E-state index is -0.676. The molecule has 3 fully saturated rings. The van der Waals surface area contributed by atoms with E-state index in [2.05, 4.69) is 19.9 Å². The van der Waals surface area contributed by atoms with Crippen LogP contribution in [0.4, 0.5) is 8.78 Å².